The van der Waals surface area contributed by atoms with E-state index >= 15 is 0 Å². The van der Waals surface area contributed by atoms with Crippen LogP contribution in [0.25, 0.3) is 11.2 Å². The molecule has 14 heteroatoms. The number of amides is 1. The van der Waals surface area contributed by atoms with Gasteiger partial charge in [-0.1, -0.05) is 0 Å². The number of aromatic nitrogens is 5. The molecule has 5 heterocycles. The van der Waals surface area contributed by atoms with Crippen molar-refractivity contribution in [3.05, 3.63) is 47.8 Å². The molecule has 3 aromatic heterocycles. The minimum Gasteiger partial charge on any atom is -0.497 e. The van der Waals surface area contributed by atoms with Crippen LogP contribution in [-0.4, -0.2) is 90.3 Å². The largest absolute Gasteiger partial charge is 0.497 e. The Bertz CT molecular complexity index is 1690. The molecule has 1 aromatic carbocycles. The topological polar surface area (TPSA) is 141 Å². The van der Waals surface area contributed by atoms with Crippen molar-refractivity contribution in [1.29, 1.82) is 0 Å². The molecule has 1 aliphatic carbocycles. The molecule has 0 unspecified atom stereocenters. The van der Waals surface area contributed by atoms with Gasteiger partial charge in [-0.15, -0.1) is 0 Å². The van der Waals surface area contributed by atoms with Crippen LogP contribution in [0.3, 0.4) is 0 Å². The second kappa shape index (κ2) is 11.8. The summed E-state index contributed by atoms with van der Waals surface area (Å²) in [7, 11) is 5.16. The van der Waals surface area contributed by atoms with Crippen molar-refractivity contribution < 1.29 is 23.7 Å². The molecule has 0 spiro atoms. The first-order valence-electron chi connectivity index (χ1n) is 14.7. The number of fused-ring (bicyclic) bond motifs is 4. The van der Waals surface area contributed by atoms with Crippen molar-refractivity contribution in [2.75, 3.05) is 62.7 Å². The average Bonchev–Trinajstić information content (AvgIpc) is 3.47. The van der Waals surface area contributed by atoms with E-state index in [0.29, 0.717) is 60.7 Å². The Kier molecular flexibility index (Phi) is 7.52. The minimum atomic E-state index is -0.316. The molecule has 1 amide bonds. The molecule has 1 saturated carbocycles. The van der Waals surface area contributed by atoms with E-state index in [1.54, 1.807) is 14.2 Å². The predicted molar refractivity (Wildman–Crippen MR) is 163 cm³/mol. The van der Waals surface area contributed by atoms with Crippen LogP contribution in [0.1, 0.15) is 24.0 Å². The molecule has 4 aromatic rings. The van der Waals surface area contributed by atoms with E-state index in [9.17, 15) is 4.79 Å². The highest BCUT2D eigenvalue weighted by atomic mass is 16.5. The van der Waals surface area contributed by atoms with Gasteiger partial charge in [-0.05, 0) is 42.7 Å². The van der Waals surface area contributed by atoms with E-state index in [0.717, 1.165) is 42.9 Å². The third-order valence-corrected chi connectivity index (χ3v) is 8.29. The number of hydrogen-bond acceptors (Lipinski definition) is 12. The van der Waals surface area contributed by atoms with Gasteiger partial charge in [0, 0.05) is 38.3 Å². The quantitative estimate of drug-likeness (QED) is 0.336. The lowest BCUT2D eigenvalue weighted by atomic mass is 9.89. The molecule has 230 valence electrons. The summed E-state index contributed by atoms with van der Waals surface area (Å²) in [6, 6.07) is 9.27. The number of hydrogen-bond donors (Lipinski definition) is 2. The van der Waals surface area contributed by atoms with Gasteiger partial charge in [0.05, 0.1) is 46.2 Å². The number of pyridine rings is 1. The maximum absolute atomic E-state index is 13.5. The number of anilines is 4. The highest BCUT2D eigenvalue weighted by molar-refractivity contribution is 5.93. The van der Waals surface area contributed by atoms with Crippen LogP contribution in [0.2, 0.25) is 0 Å². The predicted octanol–water partition coefficient (Wildman–Crippen LogP) is 3.07. The fourth-order valence-electron chi connectivity index (χ4n) is 5.72. The molecule has 2 aliphatic heterocycles. The van der Waals surface area contributed by atoms with E-state index in [-0.39, 0.29) is 24.1 Å². The maximum atomic E-state index is 13.5. The van der Waals surface area contributed by atoms with Gasteiger partial charge in [-0.3, -0.25) is 0 Å². The second-order valence-corrected chi connectivity index (χ2v) is 11.1. The third-order valence-electron chi connectivity index (χ3n) is 8.29. The fraction of sp³-hybridized carbons (Fsp3) is 0.433. The van der Waals surface area contributed by atoms with Crippen LogP contribution in [0.4, 0.5) is 28.2 Å². The molecule has 44 heavy (non-hydrogen) atoms. The van der Waals surface area contributed by atoms with Crippen LogP contribution in [0.5, 0.6) is 11.5 Å². The van der Waals surface area contributed by atoms with Gasteiger partial charge in [0.1, 0.15) is 29.5 Å². The number of benzene rings is 1. The summed E-state index contributed by atoms with van der Waals surface area (Å²) in [6.45, 7) is 3.63. The molecule has 4 bridgehead atoms. The van der Waals surface area contributed by atoms with Crippen molar-refractivity contribution >= 4 is 40.6 Å². The van der Waals surface area contributed by atoms with Gasteiger partial charge in [0.15, 0.2) is 17.0 Å². The van der Waals surface area contributed by atoms with Crippen molar-refractivity contribution in [2.24, 2.45) is 0 Å². The number of morpholine rings is 1. The summed E-state index contributed by atoms with van der Waals surface area (Å²) in [5.41, 5.74) is 2.76. The summed E-state index contributed by atoms with van der Waals surface area (Å²) in [5, 5.41) is 6.42. The molecule has 2 atom stereocenters. The number of nitrogens with zero attached hydrogens (tertiary/aromatic N) is 7. The second-order valence-electron chi connectivity index (χ2n) is 11.1. The smallest absolute Gasteiger partial charge is 0.328 e. The van der Waals surface area contributed by atoms with Crippen LogP contribution >= 0.6 is 0 Å². The Hall–Kier alpha value is -4.69. The number of imidazole rings is 1. The first-order chi connectivity index (χ1) is 21.5. The lowest BCUT2D eigenvalue weighted by Crippen LogP contribution is -2.52. The van der Waals surface area contributed by atoms with Crippen LogP contribution in [0, 0.1) is 0 Å². The Labute approximate surface area is 254 Å². The molecule has 14 nitrogen and oxygen atoms in total. The van der Waals surface area contributed by atoms with Gasteiger partial charge >= 0.3 is 6.03 Å². The molecule has 3 aliphatic rings. The van der Waals surface area contributed by atoms with Gasteiger partial charge in [-0.25, -0.2) is 19.3 Å². The highest BCUT2D eigenvalue weighted by Gasteiger charge is 2.34. The molecule has 2 fully saturated rings. The summed E-state index contributed by atoms with van der Waals surface area (Å²) >= 11 is 0. The van der Waals surface area contributed by atoms with Gasteiger partial charge in [0.25, 0.3) is 0 Å². The van der Waals surface area contributed by atoms with Gasteiger partial charge < -0.3 is 39.4 Å². The lowest BCUT2D eigenvalue weighted by molar-refractivity contribution is -0.0323. The normalized spacial score (nSPS) is 19.8. The Morgan fingerprint density at radius 2 is 1.93 bits per heavy atom. The zero-order valence-electron chi connectivity index (χ0n) is 24.9. The van der Waals surface area contributed by atoms with Crippen molar-refractivity contribution in [1.82, 2.24) is 29.8 Å². The van der Waals surface area contributed by atoms with E-state index in [1.165, 1.54) is 10.9 Å². The lowest BCUT2D eigenvalue weighted by Gasteiger charge is -2.37. The molecular formula is C30H35N9O5. The first-order valence-corrected chi connectivity index (χ1v) is 14.7. The van der Waals surface area contributed by atoms with E-state index in [4.69, 9.17) is 33.9 Å². The van der Waals surface area contributed by atoms with Crippen molar-refractivity contribution in [3.8, 4) is 11.5 Å². The van der Waals surface area contributed by atoms with Crippen LogP contribution in [-0.2, 0) is 22.6 Å². The number of carbonyl (C=O) groups is 1. The number of ether oxygens (including phenoxy) is 4. The monoisotopic (exact) mass is 601 g/mol. The fourth-order valence-corrected chi connectivity index (χ4v) is 5.72. The molecule has 0 radical (unpaired) electrons. The SMILES string of the molecule is COc1ccc(CN(C)c2nc3nc4c2ncn4C(=O)N[C@@H]2CC[C@H]2OCc2cc(nc(N4CCOCC4)c2)N3)c(OC)c1. The van der Waals surface area contributed by atoms with Gasteiger partial charge in [-0.2, -0.15) is 9.97 Å². The standard InChI is InChI=1S/C30H35N9O5/c1-37(15-19-4-5-20(41-2)14-23(19)42-3)27-26-28-36-29(35-27)34-24-12-18(13-25(33-24)38-8-10-43-11-9-38)16-44-22-7-6-21(22)32-30(40)39(28)17-31-26/h4-5,12-14,17,21-22H,6-11,15-16H2,1-3H3,(H,32,40)(H,33,34,35,36)/t21-,22-/m1/s1. The number of methoxy groups -OCH3 is 2. The summed E-state index contributed by atoms with van der Waals surface area (Å²) in [4.78, 5) is 36.8. The molecule has 7 rings (SSSR count). The van der Waals surface area contributed by atoms with E-state index < -0.39 is 0 Å². The van der Waals surface area contributed by atoms with Crippen LogP contribution < -0.4 is 29.9 Å². The van der Waals surface area contributed by atoms with Crippen LogP contribution in [0.15, 0.2) is 36.7 Å². The van der Waals surface area contributed by atoms with Crippen molar-refractivity contribution in [2.45, 2.75) is 38.1 Å². The van der Waals surface area contributed by atoms with Crippen molar-refractivity contribution in [3.63, 3.8) is 0 Å². The van der Waals surface area contributed by atoms with E-state index in [2.05, 4.69) is 26.6 Å². The molecule has 2 N–H and O–H groups in total. The highest BCUT2D eigenvalue weighted by Crippen LogP contribution is 2.32. The number of nitrogens with one attached hydrogen (secondary N) is 2. The molecule has 1 saturated heterocycles. The zero-order valence-corrected chi connectivity index (χ0v) is 24.9. The summed E-state index contributed by atoms with van der Waals surface area (Å²) in [6.07, 6.45) is 3.11. The maximum Gasteiger partial charge on any atom is 0.328 e. The average molecular weight is 602 g/mol. The Morgan fingerprint density at radius 1 is 1.07 bits per heavy atom. The van der Waals surface area contributed by atoms with Gasteiger partial charge in [0.2, 0.25) is 5.95 Å². The minimum absolute atomic E-state index is 0.0838. The summed E-state index contributed by atoms with van der Waals surface area (Å²) in [5.74, 6) is 3.63. The third kappa shape index (κ3) is 5.42. The zero-order chi connectivity index (χ0) is 30.2. The number of carbonyl (C=O) groups excluding carboxylic acids is 1. The Balaban J connectivity index is 1.30. The molecular weight excluding hydrogens is 566 g/mol. The summed E-state index contributed by atoms with van der Waals surface area (Å²) < 4.78 is 24.3. The Morgan fingerprint density at radius 3 is 2.70 bits per heavy atom. The van der Waals surface area contributed by atoms with E-state index in [1.807, 2.05) is 36.2 Å². The first kappa shape index (κ1) is 28.1. The number of rotatable bonds is 6.